The fraction of sp³-hybridized carbons (Fsp3) is 0.111. The lowest BCUT2D eigenvalue weighted by Gasteiger charge is -1.99. The number of halogens is 1. The van der Waals surface area contributed by atoms with Gasteiger partial charge in [0.25, 0.3) is 0 Å². The smallest absolute Gasteiger partial charge is 0.181 e. The summed E-state index contributed by atoms with van der Waals surface area (Å²) in [5.74, 6) is 0.395. The molecule has 0 spiro atoms. The van der Waals surface area contributed by atoms with Gasteiger partial charge in [-0.25, -0.2) is 0 Å². The van der Waals surface area contributed by atoms with Crippen LogP contribution in [-0.4, -0.2) is 15.0 Å². The van der Waals surface area contributed by atoms with Crippen molar-refractivity contribution in [2.45, 2.75) is 6.92 Å². The molecule has 0 bridgehead atoms. The predicted molar refractivity (Wildman–Crippen MR) is 58.2 cm³/mol. The van der Waals surface area contributed by atoms with Gasteiger partial charge in [0, 0.05) is 0 Å². The molecule has 0 unspecified atom stereocenters. The van der Waals surface area contributed by atoms with Crippen LogP contribution in [-0.2, 0) is 0 Å². The van der Waals surface area contributed by atoms with E-state index in [9.17, 15) is 0 Å². The van der Waals surface area contributed by atoms with Crippen LogP contribution in [0.25, 0.3) is 5.69 Å². The van der Waals surface area contributed by atoms with Crippen molar-refractivity contribution in [3.63, 3.8) is 0 Å². The highest BCUT2D eigenvalue weighted by atomic mass is 79.9. The molecule has 1 aromatic carbocycles. The first-order chi connectivity index (χ1) is 6.66. The van der Waals surface area contributed by atoms with E-state index < -0.39 is 0 Å². The molecule has 2 aromatic rings. The van der Waals surface area contributed by atoms with Crippen LogP contribution in [0.3, 0.4) is 0 Å². The van der Waals surface area contributed by atoms with Gasteiger partial charge in [-0.1, -0.05) is 12.1 Å². The molecule has 0 aliphatic heterocycles. The summed E-state index contributed by atoms with van der Waals surface area (Å²) in [6.45, 7) is 2.02. The molecule has 0 aliphatic rings. The third-order valence-electron chi connectivity index (χ3n) is 1.83. The Morgan fingerprint density at radius 1 is 1.36 bits per heavy atom. The lowest BCUT2D eigenvalue weighted by atomic mass is 10.2. The van der Waals surface area contributed by atoms with Crippen LogP contribution >= 0.6 is 15.9 Å². The van der Waals surface area contributed by atoms with Crippen molar-refractivity contribution in [1.82, 2.24) is 15.0 Å². The first-order valence-corrected chi connectivity index (χ1v) is 4.91. The normalized spacial score (nSPS) is 10.4. The van der Waals surface area contributed by atoms with Crippen LogP contribution in [0, 0.1) is 6.92 Å². The van der Waals surface area contributed by atoms with Gasteiger partial charge in [0.1, 0.15) is 0 Å². The monoisotopic (exact) mass is 252 g/mol. The molecule has 4 nitrogen and oxygen atoms in total. The van der Waals surface area contributed by atoms with Gasteiger partial charge in [0.2, 0.25) is 0 Å². The highest BCUT2D eigenvalue weighted by molar-refractivity contribution is 9.10. The van der Waals surface area contributed by atoms with Gasteiger partial charge in [0.15, 0.2) is 10.4 Å². The predicted octanol–water partition coefficient (Wildman–Crippen LogP) is 1.92. The largest absolute Gasteiger partial charge is 0.380 e. The van der Waals surface area contributed by atoms with Gasteiger partial charge in [-0.05, 0) is 40.5 Å². The van der Waals surface area contributed by atoms with Crippen molar-refractivity contribution in [2.75, 3.05) is 5.73 Å². The Morgan fingerprint density at radius 2 is 2.14 bits per heavy atom. The Bertz CT molecular complexity index is 444. The van der Waals surface area contributed by atoms with Crippen LogP contribution in [0.1, 0.15) is 5.56 Å². The first-order valence-electron chi connectivity index (χ1n) is 4.12. The third-order valence-corrected chi connectivity index (χ3v) is 2.39. The van der Waals surface area contributed by atoms with E-state index in [-0.39, 0.29) is 0 Å². The standard InChI is InChI=1S/C9H9BrN4/c1-6-3-2-4-7(5-6)14-12-8(10)9(11)13-14/h2-5H,1H3,(H2,11,13). The number of hydrogen-bond donors (Lipinski definition) is 1. The number of nitrogen functional groups attached to an aromatic ring is 1. The zero-order chi connectivity index (χ0) is 10.1. The summed E-state index contributed by atoms with van der Waals surface area (Å²) in [5.41, 5.74) is 7.64. The Hall–Kier alpha value is -1.36. The highest BCUT2D eigenvalue weighted by Crippen LogP contribution is 2.15. The van der Waals surface area contributed by atoms with Gasteiger partial charge in [-0.15, -0.1) is 15.0 Å². The molecule has 72 valence electrons. The zero-order valence-electron chi connectivity index (χ0n) is 7.61. The molecule has 14 heavy (non-hydrogen) atoms. The zero-order valence-corrected chi connectivity index (χ0v) is 9.19. The summed E-state index contributed by atoms with van der Waals surface area (Å²) in [7, 11) is 0. The van der Waals surface area contributed by atoms with E-state index >= 15 is 0 Å². The van der Waals surface area contributed by atoms with E-state index in [4.69, 9.17) is 5.73 Å². The quantitative estimate of drug-likeness (QED) is 0.844. The van der Waals surface area contributed by atoms with Crippen molar-refractivity contribution < 1.29 is 0 Å². The van der Waals surface area contributed by atoms with Gasteiger partial charge in [-0.2, -0.15) is 0 Å². The van der Waals surface area contributed by atoms with Crippen LogP contribution in [0.5, 0.6) is 0 Å². The number of rotatable bonds is 1. The molecule has 0 fully saturated rings. The van der Waals surface area contributed by atoms with Gasteiger partial charge >= 0.3 is 0 Å². The second-order valence-corrected chi connectivity index (χ2v) is 3.76. The summed E-state index contributed by atoms with van der Waals surface area (Å²) >= 11 is 3.21. The Morgan fingerprint density at radius 3 is 2.71 bits per heavy atom. The number of aromatic nitrogens is 3. The second-order valence-electron chi connectivity index (χ2n) is 3.00. The van der Waals surface area contributed by atoms with E-state index in [1.165, 1.54) is 4.80 Å². The summed E-state index contributed by atoms with van der Waals surface area (Å²) in [4.78, 5) is 1.51. The Labute approximate surface area is 89.9 Å². The van der Waals surface area contributed by atoms with E-state index in [2.05, 4.69) is 26.1 Å². The van der Waals surface area contributed by atoms with Crippen LogP contribution in [0.4, 0.5) is 5.82 Å². The van der Waals surface area contributed by atoms with Gasteiger partial charge in [-0.3, -0.25) is 0 Å². The molecule has 1 heterocycles. The molecule has 0 saturated carbocycles. The van der Waals surface area contributed by atoms with E-state index in [1.807, 2.05) is 31.2 Å². The molecule has 0 atom stereocenters. The molecular weight excluding hydrogens is 244 g/mol. The summed E-state index contributed by atoms with van der Waals surface area (Å²) in [6, 6.07) is 7.90. The maximum Gasteiger partial charge on any atom is 0.181 e. The number of hydrogen-bond acceptors (Lipinski definition) is 3. The molecule has 5 heteroatoms. The second kappa shape index (κ2) is 3.42. The molecule has 2 rings (SSSR count). The van der Waals surface area contributed by atoms with Gasteiger partial charge < -0.3 is 5.73 Å². The number of nitrogens with two attached hydrogens (primary N) is 1. The fourth-order valence-electron chi connectivity index (χ4n) is 1.17. The third kappa shape index (κ3) is 1.63. The molecule has 2 N–H and O–H groups in total. The number of aryl methyl sites for hydroxylation is 1. The van der Waals surface area contributed by atoms with E-state index in [0.29, 0.717) is 10.4 Å². The molecule has 1 aromatic heterocycles. The number of anilines is 1. The summed E-state index contributed by atoms with van der Waals surface area (Å²) in [5, 5.41) is 8.18. The van der Waals surface area contributed by atoms with Crippen molar-refractivity contribution in [2.24, 2.45) is 0 Å². The SMILES string of the molecule is Cc1cccc(-n2nc(N)c(Br)n2)c1. The minimum atomic E-state index is 0.395. The highest BCUT2D eigenvalue weighted by Gasteiger charge is 2.05. The summed E-state index contributed by atoms with van der Waals surface area (Å²) in [6.07, 6.45) is 0. The van der Waals surface area contributed by atoms with Crippen LogP contribution in [0.2, 0.25) is 0 Å². The molecule has 0 saturated heterocycles. The van der Waals surface area contributed by atoms with E-state index in [1.54, 1.807) is 0 Å². The minimum Gasteiger partial charge on any atom is -0.380 e. The van der Waals surface area contributed by atoms with Crippen molar-refractivity contribution >= 4 is 21.7 Å². The van der Waals surface area contributed by atoms with Crippen molar-refractivity contribution in [3.05, 3.63) is 34.4 Å². The average Bonchev–Trinajstić information content (AvgIpc) is 2.47. The fourth-order valence-corrected chi connectivity index (χ4v) is 1.40. The van der Waals surface area contributed by atoms with Gasteiger partial charge in [0.05, 0.1) is 5.69 Å². The van der Waals surface area contributed by atoms with Crippen LogP contribution in [0.15, 0.2) is 28.9 Å². The number of benzene rings is 1. The first kappa shape index (κ1) is 9.21. The molecule has 0 amide bonds. The van der Waals surface area contributed by atoms with E-state index in [0.717, 1.165) is 11.3 Å². The maximum atomic E-state index is 5.57. The lowest BCUT2D eigenvalue weighted by molar-refractivity contribution is 0.749. The Kier molecular flexibility index (Phi) is 2.25. The average molecular weight is 253 g/mol. The minimum absolute atomic E-state index is 0.395. The number of nitrogens with zero attached hydrogens (tertiary/aromatic N) is 3. The molecule has 0 radical (unpaired) electrons. The van der Waals surface area contributed by atoms with Crippen LogP contribution < -0.4 is 5.73 Å². The van der Waals surface area contributed by atoms with Crippen molar-refractivity contribution in [3.8, 4) is 5.69 Å². The topological polar surface area (TPSA) is 56.7 Å². The maximum absolute atomic E-state index is 5.57. The summed E-state index contributed by atoms with van der Waals surface area (Å²) < 4.78 is 0.569. The Balaban J connectivity index is 2.49. The lowest BCUT2D eigenvalue weighted by Crippen LogP contribution is -1.99. The molecular formula is C9H9BrN4. The molecule has 0 aliphatic carbocycles. The van der Waals surface area contributed by atoms with Crippen molar-refractivity contribution in [1.29, 1.82) is 0 Å².